The van der Waals surface area contributed by atoms with Crippen LogP contribution in [0.5, 0.6) is 0 Å². The Morgan fingerprint density at radius 1 is 1.58 bits per heavy atom. The highest BCUT2D eigenvalue weighted by molar-refractivity contribution is 5.73. The number of hydrogen-bond donors (Lipinski definition) is 2. The fourth-order valence-corrected chi connectivity index (χ4v) is 1.06. The molecular weight excluding hydrogens is 154 g/mol. The van der Waals surface area contributed by atoms with Crippen LogP contribution in [0.25, 0.3) is 0 Å². The first-order chi connectivity index (χ1) is 5.77. The molecule has 1 rings (SSSR count). The van der Waals surface area contributed by atoms with E-state index in [0.717, 1.165) is 11.1 Å². The van der Waals surface area contributed by atoms with Gasteiger partial charge >= 0.3 is 0 Å². The second-order valence-electron chi connectivity index (χ2n) is 2.58. The molecule has 0 bridgehead atoms. The Bertz CT molecular complexity index is 284. The summed E-state index contributed by atoms with van der Waals surface area (Å²) in [5.41, 5.74) is 2.47. The number of carbonyl (C=O) groups is 1. The van der Waals surface area contributed by atoms with E-state index in [1.165, 1.54) is 0 Å². The van der Waals surface area contributed by atoms with Crippen molar-refractivity contribution in [2.45, 2.75) is 13.5 Å². The number of carbonyl (C=O) groups excluding carboxylic acids is 1. The highest BCUT2D eigenvalue weighted by Crippen LogP contribution is 2.16. The normalized spacial score (nSPS) is 9.50. The van der Waals surface area contributed by atoms with E-state index in [1.54, 1.807) is 6.07 Å². The summed E-state index contributed by atoms with van der Waals surface area (Å²) in [6.45, 7) is 1.88. The van der Waals surface area contributed by atoms with E-state index in [-0.39, 0.29) is 6.61 Å². The van der Waals surface area contributed by atoms with Crippen LogP contribution >= 0.6 is 0 Å². The molecule has 1 aromatic carbocycles. The van der Waals surface area contributed by atoms with Gasteiger partial charge < -0.3 is 10.4 Å². The number of anilines is 1. The van der Waals surface area contributed by atoms with Gasteiger partial charge in [0.2, 0.25) is 6.41 Å². The van der Waals surface area contributed by atoms with Crippen molar-refractivity contribution < 1.29 is 9.90 Å². The van der Waals surface area contributed by atoms with Gasteiger partial charge in [-0.25, -0.2) is 0 Å². The Morgan fingerprint density at radius 2 is 2.33 bits per heavy atom. The zero-order valence-corrected chi connectivity index (χ0v) is 6.87. The summed E-state index contributed by atoms with van der Waals surface area (Å²) in [5.74, 6) is 0. The van der Waals surface area contributed by atoms with Crippen molar-refractivity contribution in [1.29, 1.82) is 0 Å². The molecule has 12 heavy (non-hydrogen) atoms. The molecule has 64 valence electrons. The van der Waals surface area contributed by atoms with Gasteiger partial charge in [0.25, 0.3) is 0 Å². The third-order valence-corrected chi connectivity index (χ3v) is 1.65. The predicted molar refractivity (Wildman–Crippen MR) is 46.8 cm³/mol. The molecule has 0 aliphatic carbocycles. The minimum absolute atomic E-state index is 0.0577. The first kappa shape index (κ1) is 8.74. The van der Waals surface area contributed by atoms with Crippen LogP contribution in [-0.4, -0.2) is 11.5 Å². The van der Waals surface area contributed by atoms with Crippen molar-refractivity contribution in [2.24, 2.45) is 0 Å². The lowest BCUT2D eigenvalue weighted by Crippen LogP contribution is -1.98. The van der Waals surface area contributed by atoms with Crippen molar-refractivity contribution in [3.63, 3.8) is 0 Å². The highest BCUT2D eigenvalue weighted by Gasteiger charge is 1.99. The van der Waals surface area contributed by atoms with E-state index in [9.17, 15) is 4.79 Å². The van der Waals surface area contributed by atoms with Gasteiger partial charge in [-0.15, -0.1) is 0 Å². The summed E-state index contributed by atoms with van der Waals surface area (Å²) >= 11 is 0. The van der Waals surface area contributed by atoms with Crippen LogP contribution in [0.1, 0.15) is 11.1 Å². The largest absolute Gasteiger partial charge is 0.392 e. The summed E-state index contributed by atoms with van der Waals surface area (Å²) in [4.78, 5) is 10.1. The maximum atomic E-state index is 10.1. The molecule has 0 atom stereocenters. The van der Waals surface area contributed by atoms with Gasteiger partial charge in [-0.3, -0.25) is 4.79 Å². The maximum absolute atomic E-state index is 10.1. The molecule has 1 amide bonds. The lowest BCUT2D eigenvalue weighted by atomic mass is 10.1. The third-order valence-electron chi connectivity index (χ3n) is 1.65. The smallest absolute Gasteiger partial charge is 0.211 e. The minimum atomic E-state index is -0.0577. The van der Waals surface area contributed by atoms with Crippen LogP contribution in [0.2, 0.25) is 0 Å². The first-order valence-corrected chi connectivity index (χ1v) is 3.68. The molecule has 2 N–H and O–H groups in total. The molecular formula is C9H11NO2. The standard InChI is InChI=1S/C9H11NO2/c1-7-2-3-9(10-6-12)8(4-7)5-11/h2-4,6,11H,5H2,1H3,(H,10,12). The molecule has 0 radical (unpaired) electrons. The van der Waals surface area contributed by atoms with Gasteiger partial charge in [-0.2, -0.15) is 0 Å². The average Bonchev–Trinajstić information content (AvgIpc) is 2.08. The lowest BCUT2D eigenvalue weighted by Gasteiger charge is -2.05. The van der Waals surface area contributed by atoms with Crippen LogP contribution in [0, 0.1) is 6.92 Å². The highest BCUT2D eigenvalue weighted by atomic mass is 16.3. The summed E-state index contributed by atoms with van der Waals surface area (Å²) in [6.07, 6.45) is 0.601. The van der Waals surface area contributed by atoms with Crippen LogP contribution in [-0.2, 0) is 11.4 Å². The molecule has 0 unspecified atom stereocenters. The number of benzene rings is 1. The number of hydrogen-bond acceptors (Lipinski definition) is 2. The van der Waals surface area contributed by atoms with Crippen molar-refractivity contribution in [2.75, 3.05) is 5.32 Å². The zero-order valence-electron chi connectivity index (χ0n) is 6.87. The van der Waals surface area contributed by atoms with Gasteiger partial charge in [0.05, 0.1) is 6.61 Å². The van der Waals surface area contributed by atoms with Crippen molar-refractivity contribution in [1.82, 2.24) is 0 Å². The maximum Gasteiger partial charge on any atom is 0.211 e. The molecule has 0 fully saturated rings. The Labute approximate surface area is 71.0 Å². The second-order valence-corrected chi connectivity index (χ2v) is 2.58. The van der Waals surface area contributed by atoms with Crippen molar-refractivity contribution in [3.05, 3.63) is 29.3 Å². The van der Waals surface area contributed by atoms with E-state index < -0.39 is 0 Å². The summed E-state index contributed by atoms with van der Waals surface area (Å²) < 4.78 is 0. The molecule has 0 spiro atoms. The molecule has 0 aliphatic heterocycles. The zero-order chi connectivity index (χ0) is 8.97. The van der Waals surface area contributed by atoms with Crippen LogP contribution < -0.4 is 5.32 Å². The molecule has 3 heteroatoms. The molecule has 0 saturated carbocycles. The quantitative estimate of drug-likeness (QED) is 0.658. The number of rotatable bonds is 3. The minimum Gasteiger partial charge on any atom is -0.392 e. The van der Waals surface area contributed by atoms with Gasteiger partial charge in [0.1, 0.15) is 0 Å². The summed E-state index contributed by atoms with van der Waals surface area (Å²) in [6, 6.07) is 5.49. The van der Waals surface area contributed by atoms with Crippen molar-refractivity contribution >= 4 is 12.1 Å². The van der Waals surface area contributed by atoms with Gasteiger partial charge in [-0.05, 0) is 13.0 Å². The van der Waals surface area contributed by atoms with Gasteiger partial charge in [0, 0.05) is 11.3 Å². The number of amides is 1. The topological polar surface area (TPSA) is 49.3 Å². The average molecular weight is 165 g/mol. The van der Waals surface area contributed by atoms with Gasteiger partial charge in [-0.1, -0.05) is 17.7 Å². The number of aliphatic hydroxyl groups excluding tert-OH is 1. The first-order valence-electron chi connectivity index (χ1n) is 3.68. The third kappa shape index (κ3) is 1.83. The Kier molecular flexibility index (Phi) is 2.82. The van der Waals surface area contributed by atoms with E-state index in [2.05, 4.69) is 5.32 Å². The monoisotopic (exact) mass is 165 g/mol. The Balaban J connectivity index is 3.01. The lowest BCUT2D eigenvalue weighted by molar-refractivity contribution is -0.105. The van der Waals surface area contributed by atoms with E-state index >= 15 is 0 Å². The molecule has 0 aliphatic rings. The van der Waals surface area contributed by atoms with Crippen LogP contribution in [0.3, 0.4) is 0 Å². The van der Waals surface area contributed by atoms with E-state index in [1.807, 2.05) is 19.1 Å². The summed E-state index contributed by atoms with van der Waals surface area (Å²) in [5, 5.41) is 11.4. The van der Waals surface area contributed by atoms with E-state index in [4.69, 9.17) is 5.11 Å². The molecule has 3 nitrogen and oxygen atoms in total. The number of aliphatic hydroxyl groups is 1. The summed E-state index contributed by atoms with van der Waals surface area (Å²) in [7, 11) is 0. The molecule has 0 aromatic heterocycles. The predicted octanol–water partition coefficient (Wildman–Crippen LogP) is 1.06. The fourth-order valence-electron chi connectivity index (χ4n) is 1.06. The van der Waals surface area contributed by atoms with Gasteiger partial charge in [0.15, 0.2) is 0 Å². The van der Waals surface area contributed by atoms with Crippen LogP contribution in [0.4, 0.5) is 5.69 Å². The number of aryl methyl sites for hydroxylation is 1. The Morgan fingerprint density at radius 3 is 2.92 bits per heavy atom. The number of nitrogens with one attached hydrogen (secondary N) is 1. The second kappa shape index (κ2) is 3.88. The molecule has 1 aromatic rings. The van der Waals surface area contributed by atoms with Crippen LogP contribution in [0.15, 0.2) is 18.2 Å². The molecule has 0 heterocycles. The Hall–Kier alpha value is -1.35. The molecule has 0 saturated heterocycles. The SMILES string of the molecule is Cc1ccc(NC=O)c(CO)c1. The van der Waals surface area contributed by atoms with Crippen molar-refractivity contribution in [3.8, 4) is 0 Å². The van der Waals surface area contributed by atoms with E-state index in [0.29, 0.717) is 12.1 Å². The fraction of sp³-hybridized carbons (Fsp3) is 0.222.